The van der Waals surface area contributed by atoms with Gasteiger partial charge in [0.15, 0.2) is 5.13 Å². The van der Waals surface area contributed by atoms with Crippen LogP contribution in [0.5, 0.6) is 0 Å². The molecular formula is C13H10BrFN2OS. The number of rotatable bonds is 3. The first kappa shape index (κ1) is 12.7. The predicted octanol–water partition coefficient (Wildman–Crippen LogP) is 4.17. The Morgan fingerprint density at radius 1 is 1.47 bits per heavy atom. The van der Waals surface area contributed by atoms with Gasteiger partial charge in [0.2, 0.25) is 0 Å². The van der Waals surface area contributed by atoms with Gasteiger partial charge in [0, 0.05) is 15.8 Å². The van der Waals surface area contributed by atoms with E-state index in [1.54, 1.807) is 0 Å². The van der Waals surface area contributed by atoms with E-state index in [9.17, 15) is 9.18 Å². The van der Waals surface area contributed by atoms with Crippen LogP contribution >= 0.6 is 27.3 Å². The Balaban J connectivity index is 1.77. The number of nitrogens with one attached hydrogen (secondary N) is 1. The molecule has 1 saturated carbocycles. The van der Waals surface area contributed by atoms with Crippen molar-refractivity contribution in [1.82, 2.24) is 4.98 Å². The van der Waals surface area contributed by atoms with Gasteiger partial charge in [-0.25, -0.2) is 9.37 Å². The number of hydrogen-bond acceptors (Lipinski definition) is 3. The predicted molar refractivity (Wildman–Crippen MR) is 76.1 cm³/mol. The maximum absolute atomic E-state index is 13.2. The third kappa shape index (κ3) is 2.84. The van der Waals surface area contributed by atoms with Gasteiger partial charge in [0.1, 0.15) is 5.82 Å². The van der Waals surface area contributed by atoms with E-state index in [1.165, 1.54) is 42.4 Å². The zero-order valence-electron chi connectivity index (χ0n) is 9.82. The molecule has 2 aromatic rings. The van der Waals surface area contributed by atoms with Crippen LogP contribution in [0.1, 0.15) is 34.8 Å². The third-order valence-electron chi connectivity index (χ3n) is 2.91. The number of halogens is 2. The maximum atomic E-state index is 13.2. The molecule has 1 aliphatic rings. The van der Waals surface area contributed by atoms with Crippen molar-refractivity contribution < 1.29 is 9.18 Å². The van der Waals surface area contributed by atoms with Gasteiger partial charge in [-0.15, -0.1) is 11.3 Å². The first-order valence-corrected chi connectivity index (χ1v) is 7.52. The fourth-order valence-electron chi connectivity index (χ4n) is 1.75. The Labute approximate surface area is 122 Å². The smallest absolute Gasteiger partial charge is 0.258 e. The van der Waals surface area contributed by atoms with Crippen LogP contribution in [-0.4, -0.2) is 10.9 Å². The van der Waals surface area contributed by atoms with E-state index in [1.807, 2.05) is 5.38 Å². The topological polar surface area (TPSA) is 42.0 Å². The van der Waals surface area contributed by atoms with E-state index in [0.29, 0.717) is 15.5 Å². The Morgan fingerprint density at radius 2 is 2.26 bits per heavy atom. The highest BCUT2D eigenvalue weighted by Gasteiger charge is 2.26. The molecule has 0 saturated heterocycles. The SMILES string of the molecule is O=C(Nc1nc(C2CC2)cs1)c1cc(F)ccc1Br. The Kier molecular flexibility index (Phi) is 3.36. The summed E-state index contributed by atoms with van der Waals surface area (Å²) in [6, 6.07) is 4.02. The Hall–Kier alpha value is -1.27. The van der Waals surface area contributed by atoms with Crippen molar-refractivity contribution in [3.05, 3.63) is 45.1 Å². The molecule has 3 nitrogen and oxygen atoms in total. The fraction of sp³-hybridized carbons (Fsp3) is 0.231. The highest BCUT2D eigenvalue weighted by Crippen LogP contribution is 2.40. The molecule has 0 unspecified atom stereocenters. The second-order valence-electron chi connectivity index (χ2n) is 4.43. The summed E-state index contributed by atoms with van der Waals surface area (Å²) >= 11 is 4.64. The molecular weight excluding hydrogens is 331 g/mol. The van der Waals surface area contributed by atoms with Crippen LogP contribution in [-0.2, 0) is 0 Å². The minimum absolute atomic E-state index is 0.267. The van der Waals surface area contributed by atoms with Crippen LogP contribution in [0.15, 0.2) is 28.1 Å². The van der Waals surface area contributed by atoms with E-state index in [-0.39, 0.29) is 11.5 Å². The monoisotopic (exact) mass is 340 g/mol. The molecule has 19 heavy (non-hydrogen) atoms. The van der Waals surface area contributed by atoms with E-state index in [0.717, 1.165) is 5.69 Å². The van der Waals surface area contributed by atoms with Gasteiger partial charge in [-0.2, -0.15) is 0 Å². The second-order valence-corrected chi connectivity index (χ2v) is 6.14. The first-order valence-electron chi connectivity index (χ1n) is 5.85. The van der Waals surface area contributed by atoms with Crippen molar-refractivity contribution >= 4 is 38.3 Å². The van der Waals surface area contributed by atoms with Crippen molar-refractivity contribution in [3.8, 4) is 0 Å². The van der Waals surface area contributed by atoms with Crippen LogP contribution < -0.4 is 5.32 Å². The lowest BCUT2D eigenvalue weighted by molar-refractivity contribution is 0.102. The summed E-state index contributed by atoms with van der Waals surface area (Å²) in [5.74, 6) is -0.239. The summed E-state index contributed by atoms with van der Waals surface area (Å²) in [7, 11) is 0. The average molecular weight is 341 g/mol. The zero-order valence-corrected chi connectivity index (χ0v) is 12.2. The van der Waals surface area contributed by atoms with Crippen LogP contribution in [0, 0.1) is 5.82 Å². The summed E-state index contributed by atoms with van der Waals surface area (Å²) in [5.41, 5.74) is 1.31. The van der Waals surface area contributed by atoms with Gasteiger partial charge in [0.05, 0.1) is 11.3 Å². The van der Waals surface area contributed by atoms with Crippen LogP contribution in [0.3, 0.4) is 0 Å². The summed E-state index contributed by atoms with van der Waals surface area (Å²) in [4.78, 5) is 16.4. The highest BCUT2D eigenvalue weighted by molar-refractivity contribution is 9.10. The van der Waals surface area contributed by atoms with E-state index in [2.05, 4.69) is 26.2 Å². The number of carbonyl (C=O) groups excluding carboxylic acids is 1. The molecule has 1 heterocycles. The summed E-state index contributed by atoms with van der Waals surface area (Å²) in [5, 5.41) is 5.23. The molecule has 1 aliphatic carbocycles. The molecule has 1 fully saturated rings. The van der Waals surface area contributed by atoms with Gasteiger partial charge in [-0.1, -0.05) is 0 Å². The fourth-order valence-corrected chi connectivity index (χ4v) is 2.96. The summed E-state index contributed by atoms with van der Waals surface area (Å²) < 4.78 is 13.7. The van der Waals surface area contributed by atoms with Gasteiger partial charge in [0.25, 0.3) is 5.91 Å². The van der Waals surface area contributed by atoms with Crippen molar-refractivity contribution in [2.75, 3.05) is 5.32 Å². The Morgan fingerprint density at radius 3 is 3.00 bits per heavy atom. The van der Waals surface area contributed by atoms with Gasteiger partial charge >= 0.3 is 0 Å². The standard InChI is InChI=1S/C13H10BrFN2OS/c14-10-4-3-8(15)5-9(10)12(18)17-13-16-11(6-19-13)7-1-2-7/h3-7H,1-2H2,(H,16,17,18). The number of anilines is 1. The number of thiazole rings is 1. The van der Waals surface area contributed by atoms with Gasteiger partial charge < -0.3 is 0 Å². The number of benzene rings is 1. The van der Waals surface area contributed by atoms with Crippen molar-refractivity contribution in [3.63, 3.8) is 0 Å². The lowest BCUT2D eigenvalue weighted by Gasteiger charge is -2.04. The number of nitrogens with zero attached hydrogens (tertiary/aromatic N) is 1. The summed E-state index contributed by atoms with van der Waals surface area (Å²) in [6.45, 7) is 0. The molecule has 0 bridgehead atoms. The second kappa shape index (κ2) is 5.02. The van der Waals surface area contributed by atoms with E-state index < -0.39 is 5.82 Å². The lowest BCUT2D eigenvalue weighted by atomic mass is 10.2. The molecule has 1 amide bonds. The molecule has 3 rings (SSSR count). The van der Waals surface area contributed by atoms with Crippen LogP contribution in [0.2, 0.25) is 0 Å². The molecule has 98 valence electrons. The maximum Gasteiger partial charge on any atom is 0.258 e. The quantitative estimate of drug-likeness (QED) is 0.910. The summed E-state index contributed by atoms with van der Waals surface area (Å²) in [6.07, 6.45) is 2.35. The molecule has 6 heteroatoms. The normalized spacial score (nSPS) is 14.4. The molecule has 1 aromatic heterocycles. The number of carbonyl (C=O) groups is 1. The molecule has 0 aliphatic heterocycles. The molecule has 0 spiro atoms. The minimum Gasteiger partial charge on any atom is -0.298 e. The zero-order chi connectivity index (χ0) is 13.4. The molecule has 1 N–H and O–H groups in total. The van der Waals surface area contributed by atoms with Crippen LogP contribution in [0.4, 0.5) is 9.52 Å². The van der Waals surface area contributed by atoms with Crippen molar-refractivity contribution in [2.45, 2.75) is 18.8 Å². The van der Waals surface area contributed by atoms with Crippen molar-refractivity contribution in [1.29, 1.82) is 0 Å². The number of aromatic nitrogens is 1. The minimum atomic E-state index is -0.439. The molecule has 0 atom stereocenters. The lowest BCUT2D eigenvalue weighted by Crippen LogP contribution is -2.12. The first-order chi connectivity index (χ1) is 9.13. The van der Waals surface area contributed by atoms with E-state index >= 15 is 0 Å². The van der Waals surface area contributed by atoms with Gasteiger partial charge in [-0.3, -0.25) is 10.1 Å². The largest absolute Gasteiger partial charge is 0.298 e. The van der Waals surface area contributed by atoms with Crippen LogP contribution in [0.25, 0.3) is 0 Å². The average Bonchev–Trinajstić information content (AvgIpc) is 3.13. The highest BCUT2D eigenvalue weighted by atomic mass is 79.9. The number of hydrogen-bond donors (Lipinski definition) is 1. The Bertz CT molecular complexity index is 639. The van der Waals surface area contributed by atoms with E-state index in [4.69, 9.17) is 0 Å². The molecule has 1 aromatic carbocycles. The van der Waals surface area contributed by atoms with Gasteiger partial charge in [-0.05, 0) is 47.0 Å². The third-order valence-corrected chi connectivity index (χ3v) is 4.38. The molecule has 0 radical (unpaired) electrons. The number of amides is 1. The van der Waals surface area contributed by atoms with Crippen molar-refractivity contribution in [2.24, 2.45) is 0 Å².